The molecule has 3 aromatic carbocycles. The number of H-pyrrole nitrogens is 1. The van der Waals surface area contributed by atoms with Crippen molar-refractivity contribution < 1.29 is 12.6 Å². The zero-order valence-corrected chi connectivity index (χ0v) is 19.0. The van der Waals surface area contributed by atoms with Gasteiger partial charge in [-0.05, 0) is 23.6 Å². The van der Waals surface area contributed by atoms with Gasteiger partial charge < -0.3 is 4.98 Å². The van der Waals surface area contributed by atoms with E-state index < -0.39 is 15.5 Å². The molecule has 0 saturated carbocycles. The Balaban J connectivity index is 1.92. The molecule has 0 saturated heterocycles. The van der Waals surface area contributed by atoms with E-state index in [4.69, 9.17) is 9.17 Å². The van der Waals surface area contributed by atoms with Crippen molar-refractivity contribution >= 4 is 10.1 Å². The fourth-order valence-electron chi connectivity index (χ4n) is 4.18. The van der Waals surface area contributed by atoms with E-state index in [9.17, 15) is 8.42 Å². The summed E-state index contributed by atoms with van der Waals surface area (Å²) in [5.41, 5.74) is 4.28. The number of rotatable bonds is 8. The Kier molecular flexibility index (Phi) is 6.26. The first-order valence-electron chi connectivity index (χ1n) is 10.5. The average Bonchev–Trinajstić information content (AvgIpc) is 3.16. The smallest absolute Gasteiger partial charge is 0.264 e. The molecular formula is C26H26N2O3S. The molecule has 5 nitrogen and oxygen atoms in total. The van der Waals surface area contributed by atoms with E-state index in [0.717, 1.165) is 40.2 Å². The van der Waals surface area contributed by atoms with Crippen molar-refractivity contribution in [1.82, 2.24) is 9.97 Å². The van der Waals surface area contributed by atoms with Crippen molar-refractivity contribution in [3.05, 3.63) is 125 Å². The quantitative estimate of drug-likeness (QED) is 0.317. The topological polar surface area (TPSA) is 72.0 Å². The summed E-state index contributed by atoms with van der Waals surface area (Å²) in [5.74, 6) is 0.785. The number of nitrogens with one attached hydrogen (secondary N) is 1. The highest BCUT2D eigenvalue weighted by Gasteiger charge is 2.41. The molecule has 0 radical (unpaired) electrons. The minimum atomic E-state index is -3.50. The van der Waals surface area contributed by atoms with Gasteiger partial charge in [0.05, 0.1) is 18.6 Å². The molecule has 0 aliphatic rings. The molecule has 32 heavy (non-hydrogen) atoms. The monoisotopic (exact) mass is 446 g/mol. The SMILES string of the molecule is Cc1[nH]c(C(c2ccccc2)(c2ccccc2)c2ccccc2)nc1CCOS(C)(=O)=O. The minimum Gasteiger partial charge on any atom is -0.345 e. The first kappa shape index (κ1) is 22.0. The zero-order valence-electron chi connectivity index (χ0n) is 18.2. The number of benzene rings is 3. The van der Waals surface area contributed by atoms with E-state index in [-0.39, 0.29) is 6.61 Å². The fraction of sp³-hybridized carbons (Fsp3) is 0.192. The Hall–Kier alpha value is -3.22. The van der Waals surface area contributed by atoms with Crippen LogP contribution in [0.15, 0.2) is 91.0 Å². The summed E-state index contributed by atoms with van der Waals surface area (Å²) in [5, 5.41) is 0. The zero-order chi connectivity index (χ0) is 22.6. The van der Waals surface area contributed by atoms with Crippen LogP contribution in [0.5, 0.6) is 0 Å². The summed E-state index contributed by atoms with van der Waals surface area (Å²) in [7, 11) is -3.50. The number of aryl methyl sites for hydroxylation is 1. The predicted octanol–water partition coefficient (Wildman–Crippen LogP) is 4.62. The van der Waals surface area contributed by atoms with Crippen molar-refractivity contribution in [3.8, 4) is 0 Å². The summed E-state index contributed by atoms with van der Waals surface area (Å²) in [6.07, 6.45) is 1.45. The van der Waals surface area contributed by atoms with Gasteiger partial charge in [0, 0.05) is 12.1 Å². The molecule has 0 amide bonds. The lowest BCUT2D eigenvalue weighted by Gasteiger charge is -2.34. The second kappa shape index (κ2) is 9.10. The van der Waals surface area contributed by atoms with Crippen LogP contribution in [0.25, 0.3) is 0 Å². The maximum atomic E-state index is 11.4. The first-order chi connectivity index (χ1) is 15.4. The van der Waals surface area contributed by atoms with Gasteiger partial charge in [-0.15, -0.1) is 0 Å². The van der Waals surface area contributed by atoms with Crippen molar-refractivity contribution in [1.29, 1.82) is 0 Å². The van der Waals surface area contributed by atoms with Gasteiger partial charge in [-0.2, -0.15) is 8.42 Å². The average molecular weight is 447 g/mol. The standard InChI is InChI=1S/C26H26N2O3S/c1-20-24(18-19-31-32(2,29)30)28-25(27-20)26(21-12-6-3-7-13-21,22-14-8-4-9-15-22)23-16-10-5-11-17-23/h3-17H,18-19H2,1-2H3,(H,27,28). The number of nitrogens with zero attached hydrogens (tertiary/aromatic N) is 1. The number of imidazole rings is 1. The van der Waals surface area contributed by atoms with E-state index in [1.807, 2.05) is 61.5 Å². The van der Waals surface area contributed by atoms with Crippen LogP contribution < -0.4 is 0 Å². The summed E-state index contributed by atoms with van der Waals surface area (Å²) >= 11 is 0. The minimum absolute atomic E-state index is 0.0545. The Morgan fingerprint density at radius 3 is 1.66 bits per heavy atom. The van der Waals surface area contributed by atoms with Crippen molar-refractivity contribution in [2.24, 2.45) is 0 Å². The first-order valence-corrected chi connectivity index (χ1v) is 12.3. The largest absolute Gasteiger partial charge is 0.345 e. The third kappa shape index (κ3) is 4.38. The van der Waals surface area contributed by atoms with Crippen LogP contribution in [0, 0.1) is 6.92 Å². The van der Waals surface area contributed by atoms with Gasteiger partial charge in [-0.25, -0.2) is 4.98 Å². The van der Waals surface area contributed by atoms with Gasteiger partial charge >= 0.3 is 0 Å². The number of hydrogen-bond donors (Lipinski definition) is 1. The molecule has 0 unspecified atom stereocenters. The molecule has 6 heteroatoms. The normalized spacial score (nSPS) is 12.1. The Morgan fingerprint density at radius 2 is 1.25 bits per heavy atom. The van der Waals surface area contributed by atoms with Crippen LogP contribution in [0.3, 0.4) is 0 Å². The van der Waals surface area contributed by atoms with Gasteiger partial charge in [-0.3, -0.25) is 4.18 Å². The number of aromatic nitrogens is 2. The molecule has 1 N–H and O–H groups in total. The van der Waals surface area contributed by atoms with Crippen molar-refractivity contribution in [2.75, 3.05) is 12.9 Å². The van der Waals surface area contributed by atoms with Gasteiger partial charge in [0.2, 0.25) is 0 Å². The highest BCUT2D eigenvalue weighted by molar-refractivity contribution is 7.85. The van der Waals surface area contributed by atoms with E-state index in [1.165, 1.54) is 0 Å². The van der Waals surface area contributed by atoms with Crippen LogP contribution in [0.1, 0.15) is 33.9 Å². The second-order valence-electron chi connectivity index (χ2n) is 7.78. The summed E-state index contributed by atoms with van der Waals surface area (Å²) in [4.78, 5) is 8.51. The molecule has 0 atom stereocenters. The van der Waals surface area contributed by atoms with E-state index in [1.54, 1.807) is 0 Å². The van der Waals surface area contributed by atoms with Crippen molar-refractivity contribution in [2.45, 2.75) is 18.8 Å². The molecule has 0 spiro atoms. The Labute approximate surface area is 189 Å². The molecule has 0 bridgehead atoms. The Morgan fingerprint density at radius 1 is 0.812 bits per heavy atom. The van der Waals surface area contributed by atoms with Crippen LogP contribution >= 0.6 is 0 Å². The lowest BCUT2D eigenvalue weighted by molar-refractivity contribution is 0.324. The highest BCUT2D eigenvalue weighted by Crippen LogP contribution is 2.43. The van der Waals surface area contributed by atoms with Gasteiger partial charge in [-0.1, -0.05) is 91.0 Å². The molecule has 1 heterocycles. The molecule has 4 rings (SSSR count). The Bertz CT molecular complexity index is 1170. The summed E-state index contributed by atoms with van der Waals surface area (Å²) < 4.78 is 27.7. The van der Waals surface area contributed by atoms with Crippen LogP contribution in [-0.4, -0.2) is 31.2 Å². The second-order valence-corrected chi connectivity index (χ2v) is 9.43. The van der Waals surface area contributed by atoms with Crippen LogP contribution in [0.2, 0.25) is 0 Å². The molecular weight excluding hydrogens is 420 g/mol. The summed E-state index contributed by atoms with van der Waals surface area (Å²) in [6.45, 7) is 2.01. The third-order valence-corrected chi connectivity index (χ3v) is 6.19. The number of aromatic amines is 1. The van der Waals surface area contributed by atoms with E-state index in [0.29, 0.717) is 6.42 Å². The van der Waals surface area contributed by atoms with E-state index in [2.05, 4.69) is 41.4 Å². The molecule has 0 aliphatic carbocycles. The lowest BCUT2D eigenvalue weighted by atomic mass is 9.69. The molecule has 0 aliphatic heterocycles. The number of hydrogen-bond acceptors (Lipinski definition) is 4. The maximum absolute atomic E-state index is 11.4. The maximum Gasteiger partial charge on any atom is 0.264 e. The van der Waals surface area contributed by atoms with Crippen LogP contribution in [0.4, 0.5) is 0 Å². The molecule has 0 fully saturated rings. The van der Waals surface area contributed by atoms with Crippen LogP contribution in [-0.2, 0) is 26.1 Å². The van der Waals surface area contributed by atoms with Crippen molar-refractivity contribution in [3.63, 3.8) is 0 Å². The predicted molar refractivity (Wildman–Crippen MR) is 126 cm³/mol. The van der Waals surface area contributed by atoms with Gasteiger partial charge in [0.1, 0.15) is 11.2 Å². The van der Waals surface area contributed by atoms with E-state index >= 15 is 0 Å². The summed E-state index contributed by atoms with van der Waals surface area (Å²) in [6, 6.07) is 30.9. The molecule has 1 aromatic heterocycles. The highest BCUT2D eigenvalue weighted by atomic mass is 32.2. The fourth-order valence-corrected chi connectivity index (χ4v) is 4.57. The molecule has 164 valence electrons. The third-order valence-electron chi connectivity index (χ3n) is 5.60. The van der Waals surface area contributed by atoms with Gasteiger partial charge in [0.15, 0.2) is 0 Å². The lowest BCUT2D eigenvalue weighted by Crippen LogP contribution is -2.32. The van der Waals surface area contributed by atoms with Gasteiger partial charge in [0.25, 0.3) is 10.1 Å². The molecule has 4 aromatic rings.